The molecular formula is C48H55N3O14S2. The number of furan rings is 1. The molecule has 2 aliphatic heterocycles. The highest BCUT2D eigenvalue weighted by molar-refractivity contribution is 8.13. The third-order valence-electron chi connectivity index (χ3n) is 11.5. The number of hydrogen-bond acceptors (Lipinski definition) is 18. The van der Waals surface area contributed by atoms with Crippen LogP contribution in [0, 0.1) is 23.7 Å². The van der Waals surface area contributed by atoms with E-state index in [0.717, 1.165) is 30.6 Å². The van der Waals surface area contributed by atoms with E-state index in [0.29, 0.717) is 16.4 Å². The van der Waals surface area contributed by atoms with Crippen LogP contribution >= 0.6 is 23.5 Å². The fourth-order valence-electron chi connectivity index (χ4n) is 8.38. The molecule has 0 radical (unpaired) electrons. The molecule has 358 valence electrons. The number of amides is 1. The van der Waals surface area contributed by atoms with Crippen LogP contribution in [0.25, 0.3) is 21.9 Å². The minimum Gasteiger partial charge on any atom is -0.508 e. The summed E-state index contributed by atoms with van der Waals surface area (Å²) in [6.45, 7) is 8.74. The number of aliphatic hydroxyl groups is 2. The number of nitrogens with zero attached hydrogens (tertiary/aromatic N) is 1. The maximum absolute atomic E-state index is 15.3. The van der Waals surface area contributed by atoms with Gasteiger partial charge in [-0.05, 0) is 62.1 Å². The van der Waals surface area contributed by atoms with Crippen LogP contribution in [0.2, 0.25) is 0 Å². The summed E-state index contributed by atoms with van der Waals surface area (Å²) in [6.07, 6.45) is -4.32. The van der Waals surface area contributed by atoms with Crippen LogP contribution in [-0.4, -0.2) is 142 Å². The zero-order chi connectivity index (χ0) is 48.6. The Kier molecular flexibility index (Phi) is 17.5. The van der Waals surface area contributed by atoms with Gasteiger partial charge in [0.15, 0.2) is 34.8 Å². The monoisotopic (exact) mass is 961 g/mol. The van der Waals surface area contributed by atoms with Crippen LogP contribution in [0.15, 0.2) is 70.0 Å². The van der Waals surface area contributed by atoms with Crippen molar-refractivity contribution >= 4 is 68.2 Å². The van der Waals surface area contributed by atoms with Crippen molar-refractivity contribution in [3.8, 4) is 29.4 Å². The molecule has 0 saturated carbocycles. The Morgan fingerprint density at radius 2 is 1.88 bits per heavy atom. The maximum Gasteiger partial charge on any atom is 0.411 e. The number of phenols is 1. The summed E-state index contributed by atoms with van der Waals surface area (Å²) in [5.74, 6) is 10.0. The zero-order valence-electron chi connectivity index (χ0n) is 38.3. The van der Waals surface area contributed by atoms with Gasteiger partial charge in [0.2, 0.25) is 5.78 Å². The van der Waals surface area contributed by atoms with Crippen molar-refractivity contribution < 1.29 is 67.3 Å². The molecule has 3 aliphatic rings. The summed E-state index contributed by atoms with van der Waals surface area (Å²) < 4.78 is 41.4. The summed E-state index contributed by atoms with van der Waals surface area (Å²) in [5.41, 5.74) is 0.133. The van der Waals surface area contributed by atoms with E-state index in [9.17, 15) is 29.7 Å². The van der Waals surface area contributed by atoms with Crippen molar-refractivity contribution in [1.82, 2.24) is 15.6 Å². The van der Waals surface area contributed by atoms with Crippen molar-refractivity contribution in [2.75, 3.05) is 32.8 Å². The molecule has 67 heavy (non-hydrogen) atoms. The lowest BCUT2D eigenvalue weighted by Crippen LogP contribution is -2.68. The molecule has 17 nitrogen and oxygen atoms in total. The molecule has 10 atom stereocenters. The standard InChI is InChI=1S/C48H55N3O14S2/c1-9-10-11-12-13-14-36(39-30(18-20-67-27(5)52)33(54)22-34(55)40(39)51-47(58)60-7)64-46-43(65-38-23-37(59-6)32(24-61-38)50-25(2)3)45(57)48(66-8,26(4)62-46)44(56)41-42-29(17-19-49-41)31-21-28(53)15-16-35(31)63-42/h11-12,15-19,21,25-26,32-33,36-38,43,45-46,50,53-54,57H,20,22-24H2,1-8H3,(H,51,58)/b12-11-,30-18-/t26?,32?,33-,36-,37?,38?,43?,45?,46?,48?/m0/s1. The smallest absolute Gasteiger partial charge is 0.411 e. The van der Waals surface area contributed by atoms with E-state index in [1.165, 1.54) is 43.5 Å². The van der Waals surface area contributed by atoms with Gasteiger partial charge in [0.25, 0.3) is 0 Å². The molecule has 6 rings (SSSR count). The number of pyridine rings is 1. The van der Waals surface area contributed by atoms with Gasteiger partial charge in [-0.25, -0.2) is 9.78 Å². The lowest BCUT2D eigenvalue weighted by atomic mass is 9.82. The summed E-state index contributed by atoms with van der Waals surface area (Å²) in [7, 11) is 2.68. The predicted molar refractivity (Wildman–Crippen MR) is 251 cm³/mol. The number of carbonyl (C=O) groups is 4. The Morgan fingerprint density at radius 1 is 1.12 bits per heavy atom. The number of ether oxygens (including phenoxy) is 6. The number of methoxy groups -OCH3 is 2. The summed E-state index contributed by atoms with van der Waals surface area (Å²) in [4.78, 5) is 58.3. The van der Waals surface area contributed by atoms with Crippen molar-refractivity contribution in [3.05, 3.63) is 71.2 Å². The normalized spacial score (nSPS) is 27.7. The second-order valence-electron chi connectivity index (χ2n) is 16.1. The number of hydrogen-bond donors (Lipinski definition) is 5. The fraction of sp³-hybridized carbons (Fsp3) is 0.479. The number of nitrogens with one attached hydrogen (secondary N) is 2. The fourth-order valence-corrected chi connectivity index (χ4v) is 9.92. The Labute approximate surface area is 396 Å². The van der Waals surface area contributed by atoms with Gasteiger partial charge in [0.05, 0.1) is 43.8 Å². The first kappa shape index (κ1) is 51.4. The number of alkyl carbamates (subject to hydrolysis) is 1. The first-order valence-corrected chi connectivity index (χ1v) is 23.7. The lowest BCUT2D eigenvalue weighted by molar-refractivity contribution is -0.323. The maximum atomic E-state index is 15.3. The number of benzene rings is 1. The SMILES string of the molecule is CC#C/C=C\C#C[C@H](OC1OC(C)C(SC)(C(=O)c2nccc3c2oc2ccc(O)cc23)C(O)C1OC1CC(OC)C(NC(C)C)CO1)C1=C(NC(=O)OC)C(=O)C[C@H](O)/C1=C/CSC(C)=O. The van der Waals surface area contributed by atoms with E-state index in [4.69, 9.17) is 32.8 Å². The van der Waals surface area contributed by atoms with Crippen molar-refractivity contribution in [1.29, 1.82) is 0 Å². The first-order chi connectivity index (χ1) is 32.1. The van der Waals surface area contributed by atoms with Crippen molar-refractivity contribution in [2.24, 2.45) is 0 Å². The molecule has 4 heterocycles. The lowest BCUT2D eigenvalue weighted by Gasteiger charge is -2.51. The number of aliphatic hydroxyl groups excluding tert-OH is 2. The topological polar surface area (TPSA) is 234 Å². The van der Waals surface area contributed by atoms with Crippen LogP contribution in [0.4, 0.5) is 4.79 Å². The van der Waals surface area contributed by atoms with Crippen LogP contribution in [0.3, 0.4) is 0 Å². The van der Waals surface area contributed by atoms with Crippen LogP contribution in [-0.2, 0) is 38.0 Å². The molecule has 2 fully saturated rings. The minimum atomic E-state index is -1.87. The number of carbonyl (C=O) groups excluding carboxylic acids is 4. The molecule has 1 amide bonds. The number of rotatable bonds is 14. The molecule has 19 heteroatoms. The van der Waals surface area contributed by atoms with Gasteiger partial charge in [0, 0.05) is 61.2 Å². The van der Waals surface area contributed by atoms with Crippen molar-refractivity contribution in [3.63, 3.8) is 0 Å². The van der Waals surface area contributed by atoms with E-state index in [1.54, 1.807) is 39.3 Å². The highest BCUT2D eigenvalue weighted by Crippen LogP contribution is 2.46. The number of phenolic OH excluding ortho intramolecular Hbond substituents is 1. The largest absolute Gasteiger partial charge is 0.508 e. The van der Waals surface area contributed by atoms with Gasteiger partial charge < -0.3 is 53.5 Å². The number of ketones is 2. The molecule has 0 spiro atoms. The quantitative estimate of drug-likeness (QED) is 0.109. The van der Waals surface area contributed by atoms with Crippen LogP contribution in [0.5, 0.6) is 5.75 Å². The number of aromatic nitrogens is 1. The van der Waals surface area contributed by atoms with E-state index in [-0.39, 0.29) is 69.8 Å². The van der Waals surface area contributed by atoms with Gasteiger partial charge >= 0.3 is 6.09 Å². The van der Waals surface area contributed by atoms with Crippen molar-refractivity contribution in [2.45, 2.75) is 113 Å². The second kappa shape index (κ2) is 22.8. The van der Waals surface area contributed by atoms with Crippen LogP contribution < -0.4 is 10.6 Å². The van der Waals surface area contributed by atoms with Crippen LogP contribution in [0.1, 0.15) is 57.9 Å². The average Bonchev–Trinajstić information content (AvgIpc) is 3.66. The Balaban J connectivity index is 1.50. The average molecular weight is 962 g/mol. The van der Waals surface area contributed by atoms with E-state index in [1.807, 2.05) is 13.8 Å². The predicted octanol–water partition coefficient (Wildman–Crippen LogP) is 4.71. The Hall–Kier alpha value is -5.03. The molecule has 1 aromatic carbocycles. The highest BCUT2D eigenvalue weighted by Gasteiger charge is 2.61. The van der Waals surface area contributed by atoms with E-state index in [2.05, 4.69) is 39.3 Å². The van der Waals surface area contributed by atoms with E-state index >= 15 is 4.79 Å². The van der Waals surface area contributed by atoms with E-state index < -0.39 is 78.0 Å². The Morgan fingerprint density at radius 3 is 2.57 bits per heavy atom. The third-order valence-corrected chi connectivity index (χ3v) is 13.6. The number of fused-ring (bicyclic) bond motifs is 3. The number of Topliss-reactive ketones (excluding diaryl/α,β-unsaturated/α-hetero) is 2. The molecule has 0 bridgehead atoms. The molecular weight excluding hydrogens is 907 g/mol. The molecule has 2 saturated heterocycles. The molecule has 5 N–H and O–H groups in total. The first-order valence-electron chi connectivity index (χ1n) is 21.5. The third kappa shape index (κ3) is 11.3. The summed E-state index contributed by atoms with van der Waals surface area (Å²) in [5, 5.41) is 41.4. The number of allylic oxidation sites excluding steroid dienone is 3. The summed E-state index contributed by atoms with van der Waals surface area (Å²) >= 11 is 1.95. The Bertz CT molecular complexity index is 2570. The molecule has 2 aromatic heterocycles. The molecule has 8 unspecified atom stereocenters. The highest BCUT2D eigenvalue weighted by atomic mass is 32.2. The zero-order valence-corrected chi connectivity index (χ0v) is 39.9. The summed E-state index contributed by atoms with van der Waals surface area (Å²) in [6, 6.07) is 6.08. The number of aromatic hydroxyl groups is 1. The van der Waals surface area contributed by atoms with Gasteiger partial charge in [-0.1, -0.05) is 49.4 Å². The molecule has 1 aliphatic carbocycles. The second-order valence-corrected chi connectivity index (χ2v) is 18.4. The minimum absolute atomic E-state index is 0.00884. The van der Waals surface area contributed by atoms with Gasteiger partial charge in [-0.3, -0.25) is 19.7 Å². The molecule has 3 aromatic rings. The van der Waals surface area contributed by atoms with Gasteiger partial charge in [0.1, 0.15) is 34.4 Å². The van der Waals surface area contributed by atoms with Gasteiger partial charge in [-0.15, -0.1) is 17.7 Å². The van der Waals surface area contributed by atoms with Gasteiger partial charge in [-0.2, -0.15) is 0 Å². The number of thioether (sulfide) groups is 2.